The molecule has 0 unspecified atom stereocenters. The number of carbonyl (C=O) groups is 1. The van der Waals surface area contributed by atoms with Gasteiger partial charge in [-0.1, -0.05) is 0 Å². The van der Waals surface area contributed by atoms with Crippen LogP contribution in [0, 0.1) is 0 Å². The Morgan fingerprint density at radius 2 is 2.50 bits per heavy atom. The number of carbonyl (C=O) groups excluding carboxylic acids is 1. The zero-order valence-corrected chi connectivity index (χ0v) is 8.16. The quantitative estimate of drug-likeness (QED) is 0.731. The van der Waals surface area contributed by atoms with Crippen molar-refractivity contribution in [3.05, 3.63) is 18.0 Å². The molecule has 5 nitrogen and oxygen atoms in total. The SMILES string of the molecule is Cn1nccc1CNC(=O)NC1CC1. The summed E-state index contributed by atoms with van der Waals surface area (Å²) in [4.78, 5) is 11.2. The summed E-state index contributed by atoms with van der Waals surface area (Å²) in [6, 6.07) is 2.20. The number of aromatic nitrogens is 2. The molecule has 0 saturated heterocycles. The van der Waals surface area contributed by atoms with Crippen molar-refractivity contribution in [2.45, 2.75) is 25.4 Å². The third-order valence-electron chi connectivity index (χ3n) is 2.27. The number of rotatable bonds is 3. The fourth-order valence-electron chi connectivity index (χ4n) is 1.21. The van der Waals surface area contributed by atoms with Gasteiger partial charge in [0.1, 0.15) is 0 Å². The van der Waals surface area contributed by atoms with Crippen LogP contribution in [0.1, 0.15) is 18.5 Å². The predicted octanol–water partition coefficient (Wildman–Crippen LogP) is 0.382. The van der Waals surface area contributed by atoms with Crippen LogP contribution in [0.2, 0.25) is 0 Å². The molecule has 0 aromatic carbocycles. The zero-order valence-electron chi connectivity index (χ0n) is 8.16. The van der Waals surface area contributed by atoms with E-state index in [9.17, 15) is 4.79 Å². The van der Waals surface area contributed by atoms with E-state index in [1.807, 2.05) is 13.1 Å². The summed E-state index contributed by atoms with van der Waals surface area (Å²) in [5.74, 6) is 0. The minimum atomic E-state index is -0.0892. The summed E-state index contributed by atoms with van der Waals surface area (Å²) >= 11 is 0. The van der Waals surface area contributed by atoms with Crippen molar-refractivity contribution in [2.75, 3.05) is 0 Å². The summed E-state index contributed by atoms with van der Waals surface area (Å²) < 4.78 is 1.75. The van der Waals surface area contributed by atoms with Gasteiger partial charge in [-0.3, -0.25) is 4.68 Å². The second-order valence-electron chi connectivity index (χ2n) is 3.55. The Labute approximate surface area is 82.5 Å². The highest BCUT2D eigenvalue weighted by Gasteiger charge is 2.22. The molecule has 76 valence electrons. The van der Waals surface area contributed by atoms with Crippen molar-refractivity contribution in [1.29, 1.82) is 0 Å². The minimum Gasteiger partial charge on any atom is -0.335 e. The first-order valence-electron chi connectivity index (χ1n) is 4.77. The second kappa shape index (κ2) is 3.69. The van der Waals surface area contributed by atoms with Crippen molar-refractivity contribution in [2.24, 2.45) is 7.05 Å². The highest BCUT2D eigenvalue weighted by molar-refractivity contribution is 5.74. The lowest BCUT2D eigenvalue weighted by molar-refractivity contribution is 0.240. The number of amides is 2. The van der Waals surface area contributed by atoms with E-state index in [1.54, 1.807) is 10.9 Å². The zero-order chi connectivity index (χ0) is 9.97. The average Bonchev–Trinajstić information content (AvgIpc) is 2.86. The Morgan fingerprint density at radius 3 is 3.07 bits per heavy atom. The number of hydrogen-bond donors (Lipinski definition) is 2. The molecule has 1 saturated carbocycles. The monoisotopic (exact) mass is 194 g/mol. The van der Waals surface area contributed by atoms with Crippen molar-refractivity contribution < 1.29 is 4.79 Å². The molecule has 0 radical (unpaired) electrons. The molecule has 1 aliphatic rings. The van der Waals surface area contributed by atoms with Gasteiger partial charge < -0.3 is 10.6 Å². The molecule has 1 heterocycles. The van der Waals surface area contributed by atoms with Gasteiger partial charge in [0.25, 0.3) is 0 Å². The maximum Gasteiger partial charge on any atom is 0.315 e. The maximum absolute atomic E-state index is 11.2. The summed E-state index contributed by atoms with van der Waals surface area (Å²) in [6.07, 6.45) is 3.94. The first kappa shape index (κ1) is 9.05. The molecule has 0 spiro atoms. The second-order valence-corrected chi connectivity index (χ2v) is 3.55. The van der Waals surface area contributed by atoms with E-state index in [0.717, 1.165) is 18.5 Å². The molecule has 5 heteroatoms. The predicted molar refractivity (Wildman–Crippen MR) is 51.6 cm³/mol. The lowest BCUT2D eigenvalue weighted by Crippen LogP contribution is -2.36. The van der Waals surface area contributed by atoms with E-state index in [1.165, 1.54) is 0 Å². The molecule has 1 fully saturated rings. The molecule has 14 heavy (non-hydrogen) atoms. The van der Waals surface area contributed by atoms with Gasteiger partial charge in [-0.05, 0) is 18.9 Å². The van der Waals surface area contributed by atoms with Gasteiger partial charge in [0.2, 0.25) is 0 Å². The fourth-order valence-corrected chi connectivity index (χ4v) is 1.21. The lowest BCUT2D eigenvalue weighted by Gasteiger charge is -2.06. The Morgan fingerprint density at radius 1 is 1.71 bits per heavy atom. The Hall–Kier alpha value is -1.52. The van der Waals surface area contributed by atoms with Gasteiger partial charge >= 0.3 is 6.03 Å². The van der Waals surface area contributed by atoms with Crippen LogP contribution in [0.25, 0.3) is 0 Å². The highest BCUT2D eigenvalue weighted by atomic mass is 16.2. The molecule has 1 aromatic heterocycles. The fraction of sp³-hybridized carbons (Fsp3) is 0.556. The molecule has 0 aliphatic heterocycles. The molecule has 1 aromatic rings. The summed E-state index contributed by atoms with van der Waals surface area (Å²) in [7, 11) is 1.86. The molecular formula is C9H14N4O. The highest BCUT2D eigenvalue weighted by Crippen LogP contribution is 2.18. The van der Waals surface area contributed by atoms with Crippen LogP contribution < -0.4 is 10.6 Å². The van der Waals surface area contributed by atoms with Gasteiger partial charge in [0, 0.05) is 19.3 Å². The molecule has 2 N–H and O–H groups in total. The normalized spacial score (nSPS) is 15.2. The standard InChI is InChI=1S/C9H14N4O/c1-13-8(4-5-11-13)6-10-9(14)12-7-2-3-7/h4-5,7H,2-3,6H2,1H3,(H2,10,12,14). The van der Waals surface area contributed by atoms with Crippen molar-refractivity contribution in [3.8, 4) is 0 Å². The number of aryl methyl sites for hydroxylation is 1. The van der Waals surface area contributed by atoms with E-state index in [-0.39, 0.29) is 6.03 Å². The Kier molecular flexibility index (Phi) is 2.39. The minimum absolute atomic E-state index is 0.0892. The van der Waals surface area contributed by atoms with Crippen LogP contribution in [0.3, 0.4) is 0 Å². The van der Waals surface area contributed by atoms with Crippen molar-refractivity contribution in [3.63, 3.8) is 0 Å². The largest absolute Gasteiger partial charge is 0.335 e. The van der Waals surface area contributed by atoms with E-state index >= 15 is 0 Å². The lowest BCUT2D eigenvalue weighted by atomic mass is 10.4. The van der Waals surface area contributed by atoms with E-state index < -0.39 is 0 Å². The Balaban J connectivity index is 1.76. The number of nitrogens with zero attached hydrogens (tertiary/aromatic N) is 2. The molecule has 1 aliphatic carbocycles. The van der Waals surface area contributed by atoms with Crippen LogP contribution in [0.4, 0.5) is 4.79 Å². The van der Waals surface area contributed by atoms with Gasteiger partial charge in [-0.15, -0.1) is 0 Å². The van der Waals surface area contributed by atoms with Crippen LogP contribution in [0.15, 0.2) is 12.3 Å². The summed E-state index contributed by atoms with van der Waals surface area (Å²) in [5, 5.41) is 9.66. The van der Waals surface area contributed by atoms with Gasteiger partial charge in [0.15, 0.2) is 0 Å². The van der Waals surface area contributed by atoms with Crippen LogP contribution >= 0.6 is 0 Å². The maximum atomic E-state index is 11.2. The third-order valence-corrected chi connectivity index (χ3v) is 2.27. The molecule has 0 bridgehead atoms. The molecule has 2 amide bonds. The number of nitrogens with one attached hydrogen (secondary N) is 2. The van der Waals surface area contributed by atoms with Crippen molar-refractivity contribution >= 4 is 6.03 Å². The first-order chi connectivity index (χ1) is 6.75. The molecular weight excluding hydrogens is 180 g/mol. The van der Waals surface area contributed by atoms with E-state index in [0.29, 0.717) is 12.6 Å². The Bertz CT molecular complexity index is 329. The van der Waals surface area contributed by atoms with Crippen LogP contribution in [-0.2, 0) is 13.6 Å². The topological polar surface area (TPSA) is 59.0 Å². The summed E-state index contributed by atoms with van der Waals surface area (Å²) in [6.45, 7) is 0.523. The molecule has 0 atom stereocenters. The molecule has 2 rings (SSSR count). The van der Waals surface area contributed by atoms with Crippen molar-refractivity contribution in [1.82, 2.24) is 20.4 Å². The van der Waals surface area contributed by atoms with Crippen LogP contribution in [-0.4, -0.2) is 21.9 Å². The van der Waals surface area contributed by atoms with Gasteiger partial charge in [-0.2, -0.15) is 5.10 Å². The number of hydrogen-bond acceptors (Lipinski definition) is 2. The van der Waals surface area contributed by atoms with E-state index in [2.05, 4.69) is 15.7 Å². The smallest absolute Gasteiger partial charge is 0.315 e. The third kappa shape index (κ3) is 2.25. The van der Waals surface area contributed by atoms with E-state index in [4.69, 9.17) is 0 Å². The first-order valence-corrected chi connectivity index (χ1v) is 4.77. The van der Waals surface area contributed by atoms with Crippen LogP contribution in [0.5, 0.6) is 0 Å². The number of urea groups is 1. The average molecular weight is 194 g/mol. The summed E-state index contributed by atoms with van der Waals surface area (Å²) in [5.41, 5.74) is 0.996. The van der Waals surface area contributed by atoms with Gasteiger partial charge in [0.05, 0.1) is 12.2 Å². The van der Waals surface area contributed by atoms with Gasteiger partial charge in [-0.25, -0.2) is 4.79 Å².